The zero-order valence-corrected chi connectivity index (χ0v) is 22.6. The summed E-state index contributed by atoms with van der Waals surface area (Å²) in [6, 6.07) is 6.72. The summed E-state index contributed by atoms with van der Waals surface area (Å²) >= 11 is 7.65. The predicted octanol–water partition coefficient (Wildman–Crippen LogP) is 4.51. The standard InChI is InChI=1S/C26H25ClF2N8OS/c1-36-7-2-3-14(36)12-38-26-34-21-16(24(35-26)32-13-10-37(11-13)8-6-30)9-17(27)19(20(21)29)15-4-5-18(28)23-22(15)33-25(31)39-23/h4-5,9,13-14H,2-3,7-8,10-12H2,1H3,(H2,31,33)(H,32,34,35). The first-order chi connectivity index (χ1) is 18.8. The van der Waals surface area contributed by atoms with Crippen LogP contribution in [0.25, 0.3) is 32.2 Å². The van der Waals surface area contributed by atoms with Gasteiger partial charge in [0.15, 0.2) is 10.9 Å². The molecule has 2 aromatic heterocycles. The molecule has 4 aromatic rings. The number of thiazole rings is 1. The van der Waals surface area contributed by atoms with Crippen LogP contribution in [0.5, 0.6) is 6.01 Å². The van der Waals surface area contributed by atoms with Crippen molar-refractivity contribution in [3.8, 4) is 23.2 Å². The normalized spacial score (nSPS) is 18.5. The van der Waals surface area contributed by atoms with Gasteiger partial charge in [0.2, 0.25) is 0 Å². The van der Waals surface area contributed by atoms with E-state index in [-0.39, 0.29) is 49.5 Å². The summed E-state index contributed by atoms with van der Waals surface area (Å²) in [6.45, 7) is 3.00. The highest BCUT2D eigenvalue weighted by atomic mass is 35.5. The van der Waals surface area contributed by atoms with Crippen molar-refractivity contribution in [3.05, 3.63) is 34.9 Å². The van der Waals surface area contributed by atoms with Gasteiger partial charge < -0.3 is 20.7 Å². The summed E-state index contributed by atoms with van der Waals surface area (Å²) in [7, 11) is 2.04. The van der Waals surface area contributed by atoms with Crippen LogP contribution in [0.4, 0.5) is 19.7 Å². The number of halogens is 3. The predicted molar refractivity (Wildman–Crippen MR) is 148 cm³/mol. The number of ether oxygens (including phenoxy) is 1. The molecule has 0 saturated carbocycles. The molecule has 2 aromatic carbocycles. The molecule has 1 atom stereocenters. The maximum absolute atomic E-state index is 16.4. The molecule has 2 aliphatic heterocycles. The summed E-state index contributed by atoms with van der Waals surface area (Å²) < 4.78 is 37.0. The summed E-state index contributed by atoms with van der Waals surface area (Å²) in [5.41, 5.74) is 6.47. The van der Waals surface area contributed by atoms with Crippen LogP contribution in [-0.4, -0.2) is 76.7 Å². The number of rotatable bonds is 7. The highest BCUT2D eigenvalue weighted by molar-refractivity contribution is 7.22. The summed E-state index contributed by atoms with van der Waals surface area (Å²) in [6.07, 6.45) is 2.08. The Kier molecular flexibility index (Phi) is 6.84. The van der Waals surface area contributed by atoms with Crippen LogP contribution in [0.3, 0.4) is 0 Å². The number of benzene rings is 2. The van der Waals surface area contributed by atoms with Crippen LogP contribution < -0.4 is 15.8 Å². The zero-order valence-electron chi connectivity index (χ0n) is 21.0. The van der Waals surface area contributed by atoms with Gasteiger partial charge in [-0.2, -0.15) is 15.2 Å². The molecule has 3 N–H and O–H groups in total. The van der Waals surface area contributed by atoms with E-state index < -0.39 is 11.6 Å². The summed E-state index contributed by atoms with van der Waals surface area (Å²) in [4.78, 5) is 17.5. The number of hydrogen-bond donors (Lipinski definition) is 2. The Morgan fingerprint density at radius 2 is 2.08 bits per heavy atom. The molecule has 39 heavy (non-hydrogen) atoms. The zero-order chi connectivity index (χ0) is 27.3. The molecule has 4 heterocycles. The van der Waals surface area contributed by atoms with E-state index in [0.717, 1.165) is 30.7 Å². The molecule has 0 bridgehead atoms. The first-order valence-electron chi connectivity index (χ1n) is 12.6. The van der Waals surface area contributed by atoms with Crippen molar-refractivity contribution >= 4 is 55.0 Å². The minimum atomic E-state index is -0.690. The van der Waals surface area contributed by atoms with Gasteiger partial charge in [-0.25, -0.2) is 13.8 Å². The number of nitrogens with one attached hydrogen (secondary N) is 1. The van der Waals surface area contributed by atoms with E-state index in [9.17, 15) is 4.39 Å². The molecule has 0 aliphatic carbocycles. The van der Waals surface area contributed by atoms with E-state index in [0.29, 0.717) is 43.0 Å². The molecule has 2 saturated heterocycles. The monoisotopic (exact) mass is 570 g/mol. The van der Waals surface area contributed by atoms with Crippen molar-refractivity contribution in [2.45, 2.75) is 24.9 Å². The highest BCUT2D eigenvalue weighted by Crippen LogP contribution is 2.42. The van der Waals surface area contributed by atoms with Crippen LogP contribution in [-0.2, 0) is 0 Å². The number of anilines is 2. The van der Waals surface area contributed by atoms with Crippen molar-refractivity contribution in [3.63, 3.8) is 0 Å². The van der Waals surface area contributed by atoms with E-state index in [1.807, 2.05) is 11.9 Å². The molecule has 13 heteroatoms. The maximum Gasteiger partial charge on any atom is 0.319 e. The number of fused-ring (bicyclic) bond motifs is 2. The SMILES string of the molecule is CN1CCCC1COc1nc(NC2CN(CC#N)C2)c2cc(Cl)c(-c3ccc(F)c4sc(N)nc34)c(F)c2n1. The van der Waals surface area contributed by atoms with E-state index in [1.54, 1.807) is 6.07 Å². The number of likely N-dealkylation sites (N-methyl/N-ethyl adjacent to an activating group) is 1. The molecule has 1 unspecified atom stereocenters. The fourth-order valence-corrected chi connectivity index (χ4v) is 6.29. The van der Waals surface area contributed by atoms with Gasteiger partial charge in [-0.05, 0) is 44.6 Å². The van der Waals surface area contributed by atoms with Crippen molar-refractivity contribution in [1.82, 2.24) is 24.8 Å². The number of hydrogen-bond acceptors (Lipinski definition) is 10. The van der Waals surface area contributed by atoms with Gasteiger partial charge in [0.25, 0.3) is 0 Å². The largest absolute Gasteiger partial charge is 0.462 e. The number of aromatic nitrogens is 3. The van der Waals surface area contributed by atoms with Crippen molar-refractivity contribution in [1.29, 1.82) is 5.26 Å². The van der Waals surface area contributed by atoms with Gasteiger partial charge in [0.05, 0.1) is 33.9 Å². The molecule has 2 aliphatic rings. The van der Waals surface area contributed by atoms with Gasteiger partial charge in [0.1, 0.15) is 23.8 Å². The van der Waals surface area contributed by atoms with Gasteiger partial charge in [-0.15, -0.1) is 0 Å². The van der Waals surface area contributed by atoms with Crippen LogP contribution in [0.15, 0.2) is 18.2 Å². The first kappa shape index (κ1) is 25.9. The number of nitrogens with zero attached hydrogens (tertiary/aromatic N) is 6. The number of nitriles is 1. The fraction of sp³-hybridized carbons (Fsp3) is 0.385. The molecule has 9 nitrogen and oxygen atoms in total. The van der Waals surface area contributed by atoms with Gasteiger partial charge in [0, 0.05) is 35.6 Å². The Morgan fingerprint density at radius 1 is 1.26 bits per heavy atom. The second-order valence-electron chi connectivity index (χ2n) is 9.90. The maximum atomic E-state index is 16.4. The third kappa shape index (κ3) is 4.80. The quantitative estimate of drug-likeness (QED) is 0.309. The van der Waals surface area contributed by atoms with Gasteiger partial charge >= 0.3 is 6.01 Å². The summed E-state index contributed by atoms with van der Waals surface area (Å²) in [5.74, 6) is -0.788. The molecule has 202 valence electrons. The highest BCUT2D eigenvalue weighted by Gasteiger charge is 2.29. The lowest BCUT2D eigenvalue weighted by Crippen LogP contribution is -2.54. The molecule has 6 rings (SSSR count). The van der Waals surface area contributed by atoms with Crippen molar-refractivity contribution in [2.75, 3.05) is 50.9 Å². The van der Waals surface area contributed by atoms with Crippen LogP contribution >= 0.6 is 22.9 Å². The molecule has 0 spiro atoms. The Morgan fingerprint density at radius 3 is 2.82 bits per heavy atom. The number of nitrogens with two attached hydrogens (primary N) is 1. The number of nitrogen functional groups attached to an aromatic ring is 1. The average molecular weight is 571 g/mol. The van der Waals surface area contributed by atoms with Gasteiger partial charge in [-0.1, -0.05) is 22.9 Å². The third-order valence-corrected chi connectivity index (χ3v) is 8.50. The second-order valence-corrected chi connectivity index (χ2v) is 11.3. The van der Waals surface area contributed by atoms with Crippen LogP contribution in [0.1, 0.15) is 12.8 Å². The molecular weight excluding hydrogens is 546 g/mol. The van der Waals surface area contributed by atoms with Gasteiger partial charge in [-0.3, -0.25) is 4.90 Å². The van der Waals surface area contributed by atoms with Crippen LogP contribution in [0.2, 0.25) is 5.02 Å². The van der Waals surface area contributed by atoms with E-state index in [4.69, 9.17) is 27.3 Å². The van der Waals surface area contributed by atoms with E-state index in [1.165, 1.54) is 12.1 Å². The third-order valence-electron chi connectivity index (χ3n) is 7.31. The molecule has 0 radical (unpaired) electrons. The van der Waals surface area contributed by atoms with Crippen molar-refractivity contribution in [2.24, 2.45) is 0 Å². The molecule has 2 fully saturated rings. The minimum Gasteiger partial charge on any atom is -0.462 e. The first-order valence-corrected chi connectivity index (χ1v) is 13.7. The molecule has 0 amide bonds. The Hall–Kier alpha value is -3.37. The van der Waals surface area contributed by atoms with Crippen LogP contribution in [0, 0.1) is 23.0 Å². The topological polar surface area (TPSA) is 116 Å². The smallest absolute Gasteiger partial charge is 0.319 e. The Bertz CT molecular complexity index is 1620. The number of likely N-dealkylation sites (tertiary alicyclic amines) is 2. The Balaban J connectivity index is 1.44. The fourth-order valence-electron chi connectivity index (χ4n) is 5.23. The van der Waals surface area contributed by atoms with E-state index >= 15 is 4.39 Å². The Labute approximate surface area is 232 Å². The minimum absolute atomic E-state index is 0.0153. The lowest BCUT2D eigenvalue weighted by Gasteiger charge is -2.38. The van der Waals surface area contributed by atoms with Crippen molar-refractivity contribution < 1.29 is 13.5 Å². The molecular formula is C26H25ClF2N8OS. The lowest BCUT2D eigenvalue weighted by molar-refractivity contribution is 0.182. The average Bonchev–Trinajstić information content (AvgIpc) is 3.48. The summed E-state index contributed by atoms with van der Waals surface area (Å²) in [5, 5.41) is 13.0. The second kappa shape index (κ2) is 10.3. The lowest BCUT2D eigenvalue weighted by atomic mass is 10.0. The van der Waals surface area contributed by atoms with E-state index in [2.05, 4.69) is 31.2 Å².